The van der Waals surface area contributed by atoms with Gasteiger partial charge in [0.1, 0.15) is 6.10 Å². The molecule has 0 aromatic carbocycles. The highest BCUT2D eigenvalue weighted by molar-refractivity contribution is 6.71. The predicted octanol–water partition coefficient (Wildman–Crippen LogP) is 0.443. The zero-order valence-electron chi connectivity index (χ0n) is 16.4. The third-order valence-electron chi connectivity index (χ3n) is 3.76. The van der Waals surface area contributed by atoms with Crippen molar-refractivity contribution in [2.24, 2.45) is 0 Å². The fourth-order valence-corrected chi connectivity index (χ4v) is 3.27. The monoisotopic (exact) mass is 400 g/mol. The summed E-state index contributed by atoms with van der Waals surface area (Å²) in [4.78, 5) is 0. The molecule has 0 aromatic heterocycles. The van der Waals surface area contributed by atoms with E-state index in [0.717, 1.165) is 0 Å². The van der Waals surface area contributed by atoms with Gasteiger partial charge in [0.15, 0.2) is 0 Å². The average Bonchev–Trinajstić information content (AvgIpc) is 2.58. The zero-order chi connectivity index (χ0) is 19.3. The first-order chi connectivity index (χ1) is 11.7. The lowest BCUT2D eigenvalue weighted by molar-refractivity contribution is -0.0261. The summed E-state index contributed by atoms with van der Waals surface area (Å²) in [6.45, 7) is 6.89. The molecule has 0 fully saturated rings. The Kier molecular flexibility index (Phi) is 13.4. The van der Waals surface area contributed by atoms with Crippen LogP contribution in [0, 0.1) is 0 Å². The van der Waals surface area contributed by atoms with Gasteiger partial charge >= 0.3 is 8.56 Å². The van der Waals surface area contributed by atoms with Gasteiger partial charge in [-0.15, -0.1) is 0 Å². The van der Waals surface area contributed by atoms with Crippen LogP contribution in [0.25, 0.3) is 0 Å². The van der Waals surface area contributed by atoms with Crippen LogP contribution in [0.3, 0.4) is 0 Å². The number of ether oxygens (including phenoxy) is 3. The molecule has 2 N–H and O–H groups in total. The molecule has 0 bridgehead atoms. The molecule has 0 amide bonds. The molecule has 0 heterocycles. The lowest BCUT2D eigenvalue weighted by Crippen LogP contribution is -2.42. The van der Waals surface area contributed by atoms with Crippen LogP contribution >= 0.6 is 0 Å². The summed E-state index contributed by atoms with van der Waals surface area (Å²) >= 11 is 0. The third-order valence-corrected chi connectivity index (χ3v) is 8.22. The van der Waals surface area contributed by atoms with Crippen molar-refractivity contribution in [1.29, 1.82) is 0 Å². The smallest absolute Gasteiger partial charge is 0.361 e. The largest absolute Gasteiger partial charge is 0.418 e. The quantitative estimate of drug-likeness (QED) is 0.285. The Morgan fingerprint density at radius 2 is 1.24 bits per heavy atom. The number of rotatable bonds is 16. The van der Waals surface area contributed by atoms with E-state index in [0.29, 0.717) is 25.5 Å². The van der Waals surface area contributed by atoms with Crippen LogP contribution < -0.4 is 0 Å². The summed E-state index contributed by atoms with van der Waals surface area (Å²) in [5.74, 6) is 0. The van der Waals surface area contributed by atoms with Crippen LogP contribution in [0.1, 0.15) is 6.42 Å². The molecule has 2 atom stereocenters. The molecule has 0 aliphatic carbocycles. The van der Waals surface area contributed by atoms with E-state index in [1.165, 1.54) is 0 Å². The first-order valence-electron chi connectivity index (χ1n) is 8.43. The fraction of sp³-hybridized carbons (Fsp3) is 1.00. The molecule has 10 heteroatoms. The Hall–Kier alpha value is 0.114. The van der Waals surface area contributed by atoms with Crippen LogP contribution in [-0.4, -0.2) is 99.5 Å². The van der Waals surface area contributed by atoms with Crippen LogP contribution in [-0.2, 0) is 27.5 Å². The van der Waals surface area contributed by atoms with Crippen LogP contribution in [0.2, 0.25) is 19.6 Å². The average molecular weight is 401 g/mol. The van der Waals surface area contributed by atoms with E-state index < -0.39 is 29.1 Å². The first-order valence-corrected chi connectivity index (χ1v) is 14.1. The minimum Gasteiger partial charge on any atom is -0.418 e. The maximum absolute atomic E-state index is 9.85. The van der Waals surface area contributed by atoms with Gasteiger partial charge in [-0.05, 0) is 26.1 Å². The van der Waals surface area contributed by atoms with Gasteiger partial charge < -0.3 is 37.7 Å². The lowest BCUT2D eigenvalue weighted by Gasteiger charge is -2.23. The highest BCUT2D eigenvalue weighted by Crippen LogP contribution is 2.06. The molecule has 0 spiro atoms. The second-order valence-electron chi connectivity index (χ2n) is 6.71. The maximum Gasteiger partial charge on any atom is 0.361 e. The Labute approximate surface area is 153 Å². The second-order valence-corrected chi connectivity index (χ2v) is 14.3. The van der Waals surface area contributed by atoms with E-state index >= 15 is 0 Å². The highest BCUT2D eigenvalue weighted by Gasteiger charge is 2.29. The van der Waals surface area contributed by atoms with Crippen molar-refractivity contribution in [2.45, 2.75) is 38.3 Å². The van der Waals surface area contributed by atoms with Gasteiger partial charge in [-0.2, -0.15) is 0 Å². The molecule has 0 radical (unpaired) electrons. The van der Waals surface area contributed by atoms with Crippen molar-refractivity contribution in [3.05, 3.63) is 0 Å². The number of aliphatic hydroxyl groups is 2. The minimum absolute atomic E-state index is 0.168. The number of hydrogen-bond donors (Lipinski definition) is 2. The molecule has 0 rings (SSSR count). The zero-order valence-corrected chi connectivity index (χ0v) is 18.4. The Bertz CT molecular complexity index is 329. The van der Waals surface area contributed by atoms with Gasteiger partial charge in [-0.1, -0.05) is 0 Å². The van der Waals surface area contributed by atoms with Gasteiger partial charge in [-0.25, -0.2) is 0 Å². The number of aliphatic hydroxyl groups excluding tert-OH is 2. The normalized spacial score (nSPS) is 15.4. The Morgan fingerprint density at radius 3 is 1.80 bits per heavy atom. The Morgan fingerprint density at radius 1 is 0.720 bits per heavy atom. The van der Waals surface area contributed by atoms with Crippen molar-refractivity contribution in [3.8, 4) is 0 Å². The topological polar surface area (TPSA) is 95.8 Å². The van der Waals surface area contributed by atoms with Gasteiger partial charge in [0.2, 0.25) is 8.32 Å². The van der Waals surface area contributed by atoms with Crippen molar-refractivity contribution in [3.63, 3.8) is 0 Å². The van der Waals surface area contributed by atoms with E-state index in [1.807, 2.05) is 19.6 Å². The van der Waals surface area contributed by atoms with Crippen molar-refractivity contribution < 1.29 is 37.7 Å². The molecular formula is C15H36O8Si2. The molecule has 25 heavy (non-hydrogen) atoms. The molecule has 0 saturated heterocycles. The predicted molar refractivity (Wildman–Crippen MR) is 99.2 cm³/mol. The standard InChI is InChI=1S/C15H36O8Si2/c1-18-24(4,5)12-22-11-15(17)10-21-8-7-14(16)9-23-13-25(6,19-2)20-3/h14-17H,7-13H2,1-6H3. The molecule has 2 unspecified atom stereocenters. The van der Waals surface area contributed by atoms with E-state index in [4.69, 9.17) is 27.5 Å². The Balaban J connectivity index is 3.66. The summed E-state index contributed by atoms with van der Waals surface area (Å²) in [6, 6.07) is 0. The maximum atomic E-state index is 9.85. The SMILES string of the molecule is CO[Si](C)(C)COCC(O)COCCC(O)COC[Si](C)(OC)OC. The molecular weight excluding hydrogens is 364 g/mol. The third kappa shape index (κ3) is 13.0. The second kappa shape index (κ2) is 13.3. The van der Waals surface area contributed by atoms with E-state index in [1.54, 1.807) is 21.3 Å². The van der Waals surface area contributed by atoms with Crippen molar-refractivity contribution in [2.75, 3.05) is 60.2 Å². The van der Waals surface area contributed by atoms with Crippen molar-refractivity contribution in [1.82, 2.24) is 0 Å². The lowest BCUT2D eigenvalue weighted by atomic mass is 10.3. The van der Waals surface area contributed by atoms with Gasteiger partial charge in [-0.3, -0.25) is 0 Å². The van der Waals surface area contributed by atoms with E-state index in [9.17, 15) is 10.2 Å². The summed E-state index contributed by atoms with van der Waals surface area (Å²) in [5, 5.41) is 19.6. The summed E-state index contributed by atoms with van der Waals surface area (Å²) < 4.78 is 32.2. The number of hydrogen-bond acceptors (Lipinski definition) is 8. The molecule has 0 aromatic rings. The van der Waals surface area contributed by atoms with Crippen LogP contribution in [0.4, 0.5) is 0 Å². The fourth-order valence-electron chi connectivity index (χ4n) is 1.65. The molecule has 8 nitrogen and oxygen atoms in total. The van der Waals surface area contributed by atoms with E-state index in [-0.39, 0.29) is 19.8 Å². The van der Waals surface area contributed by atoms with Crippen LogP contribution in [0.15, 0.2) is 0 Å². The van der Waals surface area contributed by atoms with Gasteiger partial charge in [0.25, 0.3) is 0 Å². The van der Waals surface area contributed by atoms with Crippen molar-refractivity contribution >= 4 is 16.9 Å². The van der Waals surface area contributed by atoms with E-state index in [2.05, 4.69) is 0 Å². The minimum atomic E-state index is -2.26. The first kappa shape index (κ1) is 25.1. The molecule has 0 aliphatic rings. The highest BCUT2D eigenvalue weighted by atomic mass is 28.4. The molecule has 0 aliphatic heterocycles. The molecule has 0 saturated carbocycles. The summed E-state index contributed by atoms with van der Waals surface area (Å²) in [5.41, 5.74) is 0. The van der Waals surface area contributed by atoms with Gasteiger partial charge in [0, 0.05) is 27.9 Å². The summed E-state index contributed by atoms with van der Waals surface area (Å²) in [7, 11) is 0.836. The van der Waals surface area contributed by atoms with Gasteiger partial charge in [0.05, 0.1) is 38.4 Å². The summed E-state index contributed by atoms with van der Waals surface area (Å²) in [6.07, 6.45) is -0.00851. The molecule has 152 valence electrons. The van der Waals surface area contributed by atoms with Crippen LogP contribution in [0.5, 0.6) is 0 Å².